The fraction of sp³-hybridized carbons (Fsp3) is 0.565. The maximum atomic E-state index is 13.4. The van der Waals surface area contributed by atoms with E-state index < -0.39 is 0 Å². The number of pyridine rings is 1. The maximum absolute atomic E-state index is 13.4. The van der Waals surface area contributed by atoms with Crippen molar-refractivity contribution in [1.82, 2.24) is 9.88 Å². The van der Waals surface area contributed by atoms with Gasteiger partial charge in [-0.25, -0.2) is 0 Å². The Bertz CT molecular complexity index is 845. The van der Waals surface area contributed by atoms with Gasteiger partial charge in [-0.3, -0.25) is 9.59 Å². The van der Waals surface area contributed by atoms with Crippen LogP contribution in [-0.4, -0.2) is 21.8 Å². The quantitative estimate of drug-likeness (QED) is 0.847. The first-order valence-electron chi connectivity index (χ1n) is 10.6. The molecule has 1 N–H and O–H groups in total. The van der Waals surface area contributed by atoms with Gasteiger partial charge in [-0.15, -0.1) is 0 Å². The van der Waals surface area contributed by atoms with Crippen LogP contribution < -0.4 is 5.56 Å². The summed E-state index contributed by atoms with van der Waals surface area (Å²) in [7, 11) is 0. The van der Waals surface area contributed by atoms with E-state index in [9.17, 15) is 9.59 Å². The van der Waals surface area contributed by atoms with Gasteiger partial charge in [0.1, 0.15) is 0 Å². The first kappa shape index (κ1) is 18.3. The van der Waals surface area contributed by atoms with Gasteiger partial charge in [-0.2, -0.15) is 0 Å². The van der Waals surface area contributed by atoms with Gasteiger partial charge in [-0.1, -0.05) is 56.7 Å². The zero-order valence-corrected chi connectivity index (χ0v) is 16.1. The minimum Gasteiger partial charge on any atom is -0.335 e. The van der Waals surface area contributed by atoms with Gasteiger partial charge in [0.2, 0.25) is 5.91 Å². The third-order valence-electron chi connectivity index (χ3n) is 6.42. The zero-order valence-electron chi connectivity index (χ0n) is 16.1. The van der Waals surface area contributed by atoms with Crippen LogP contribution in [0.1, 0.15) is 69.8 Å². The number of nitrogens with one attached hydrogen (secondary N) is 1. The number of amides is 1. The molecule has 2 fully saturated rings. The average Bonchev–Trinajstić information content (AvgIpc) is 2.73. The summed E-state index contributed by atoms with van der Waals surface area (Å²) in [4.78, 5) is 31.1. The number of fused-ring (bicyclic) bond motifs is 1. The Labute approximate surface area is 161 Å². The number of benzene rings is 1. The van der Waals surface area contributed by atoms with Gasteiger partial charge in [-0.05, 0) is 43.2 Å². The Morgan fingerprint density at radius 1 is 0.963 bits per heavy atom. The fourth-order valence-corrected chi connectivity index (χ4v) is 4.86. The molecule has 4 rings (SSSR count). The molecule has 0 bridgehead atoms. The molecule has 0 radical (unpaired) electrons. The second-order valence-electron chi connectivity index (χ2n) is 8.30. The number of rotatable bonds is 4. The largest absolute Gasteiger partial charge is 0.335 e. The number of H-pyrrole nitrogens is 1. The molecule has 1 aromatic heterocycles. The summed E-state index contributed by atoms with van der Waals surface area (Å²) < 4.78 is 0. The van der Waals surface area contributed by atoms with Gasteiger partial charge >= 0.3 is 0 Å². The van der Waals surface area contributed by atoms with Crippen molar-refractivity contribution in [3.8, 4) is 0 Å². The monoisotopic (exact) mass is 366 g/mol. The van der Waals surface area contributed by atoms with E-state index >= 15 is 0 Å². The van der Waals surface area contributed by atoms with E-state index in [0.29, 0.717) is 18.2 Å². The maximum Gasteiger partial charge on any atom is 0.253 e. The van der Waals surface area contributed by atoms with Crippen molar-refractivity contribution in [2.75, 3.05) is 0 Å². The number of para-hydroxylation sites is 1. The third-order valence-corrected chi connectivity index (χ3v) is 6.42. The molecule has 1 heterocycles. The van der Waals surface area contributed by atoms with E-state index in [-0.39, 0.29) is 17.4 Å². The second kappa shape index (κ2) is 8.28. The van der Waals surface area contributed by atoms with Crippen molar-refractivity contribution in [2.24, 2.45) is 5.92 Å². The van der Waals surface area contributed by atoms with Crippen LogP contribution in [0.15, 0.2) is 35.1 Å². The van der Waals surface area contributed by atoms with Gasteiger partial charge in [0.05, 0.1) is 6.54 Å². The minimum atomic E-state index is -0.0639. The van der Waals surface area contributed by atoms with Crippen molar-refractivity contribution in [1.29, 1.82) is 0 Å². The summed E-state index contributed by atoms with van der Waals surface area (Å²) in [6.45, 7) is 0.445. The summed E-state index contributed by atoms with van der Waals surface area (Å²) in [5, 5.41) is 1.03. The Morgan fingerprint density at radius 3 is 2.37 bits per heavy atom. The van der Waals surface area contributed by atoms with Crippen molar-refractivity contribution in [3.63, 3.8) is 0 Å². The lowest BCUT2D eigenvalue weighted by atomic mass is 9.86. The second-order valence-corrected chi connectivity index (χ2v) is 8.30. The standard InChI is InChI=1S/C23H30N2O2/c26-22-19(15-18-11-7-8-14-21(18)24-22)16-25(20-12-5-2-6-13-20)23(27)17-9-3-1-4-10-17/h7-8,11,14-15,17,20H,1-6,9-10,12-13,16H2,(H,24,26). The summed E-state index contributed by atoms with van der Waals surface area (Å²) in [6, 6.07) is 10.1. The lowest BCUT2D eigenvalue weighted by molar-refractivity contribution is -0.140. The van der Waals surface area contributed by atoms with E-state index in [1.165, 1.54) is 25.7 Å². The van der Waals surface area contributed by atoms with E-state index in [4.69, 9.17) is 0 Å². The van der Waals surface area contributed by atoms with E-state index in [0.717, 1.165) is 49.4 Å². The number of carbonyl (C=O) groups excluding carboxylic acids is 1. The SMILES string of the molecule is O=C(C1CCCCC1)N(Cc1cc2ccccc2[nH]c1=O)C1CCCCC1. The molecule has 144 valence electrons. The van der Waals surface area contributed by atoms with Crippen LogP contribution in [-0.2, 0) is 11.3 Å². The fourth-order valence-electron chi connectivity index (χ4n) is 4.86. The molecule has 1 aromatic carbocycles. The Kier molecular flexibility index (Phi) is 5.61. The molecular weight excluding hydrogens is 336 g/mol. The Hall–Kier alpha value is -2.10. The molecule has 0 saturated heterocycles. The number of nitrogens with zero attached hydrogens (tertiary/aromatic N) is 1. The summed E-state index contributed by atoms with van der Waals surface area (Å²) in [5.41, 5.74) is 1.50. The highest BCUT2D eigenvalue weighted by atomic mass is 16.2. The molecule has 0 atom stereocenters. The first-order valence-corrected chi connectivity index (χ1v) is 10.6. The molecule has 2 aliphatic carbocycles. The Morgan fingerprint density at radius 2 is 1.63 bits per heavy atom. The molecule has 4 nitrogen and oxygen atoms in total. The smallest absolute Gasteiger partial charge is 0.253 e. The molecule has 27 heavy (non-hydrogen) atoms. The number of aromatic amines is 1. The van der Waals surface area contributed by atoms with Crippen molar-refractivity contribution in [3.05, 3.63) is 46.2 Å². The van der Waals surface area contributed by atoms with E-state index in [1.807, 2.05) is 30.3 Å². The van der Waals surface area contributed by atoms with Gasteiger partial charge < -0.3 is 9.88 Å². The van der Waals surface area contributed by atoms with Gasteiger partial charge in [0.15, 0.2) is 0 Å². The molecule has 2 aromatic rings. The van der Waals surface area contributed by atoms with Gasteiger partial charge in [0, 0.05) is 23.0 Å². The minimum absolute atomic E-state index is 0.0639. The van der Waals surface area contributed by atoms with Crippen molar-refractivity contribution in [2.45, 2.75) is 76.8 Å². The normalized spacial score (nSPS) is 19.3. The highest BCUT2D eigenvalue weighted by molar-refractivity contribution is 5.80. The summed E-state index contributed by atoms with van der Waals surface area (Å²) in [5.74, 6) is 0.439. The lowest BCUT2D eigenvalue weighted by Crippen LogP contribution is -2.45. The van der Waals surface area contributed by atoms with Crippen LogP contribution in [0.3, 0.4) is 0 Å². The molecule has 2 aliphatic rings. The highest BCUT2D eigenvalue weighted by Crippen LogP contribution is 2.30. The molecule has 4 heteroatoms. The summed E-state index contributed by atoms with van der Waals surface area (Å²) in [6.07, 6.45) is 11.4. The molecule has 0 unspecified atom stereocenters. The van der Waals surface area contributed by atoms with Crippen LogP contribution in [0.25, 0.3) is 10.9 Å². The molecule has 1 amide bonds. The van der Waals surface area contributed by atoms with Crippen LogP contribution in [0.2, 0.25) is 0 Å². The van der Waals surface area contributed by atoms with Crippen LogP contribution in [0.5, 0.6) is 0 Å². The lowest BCUT2D eigenvalue weighted by Gasteiger charge is -2.37. The number of hydrogen-bond donors (Lipinski definition) is 1. The van der Waals surface area contributed by atoms with Crippen LogP contribution in [0.4, 0.5) is 0 Å². The first-order chi connectivity index (χ1) is 13.2. The van der Waals surface area contributed by atoms with Gasteiger partial charge in [0.25, 0.3) is 5.56 Å². The topological polar surface area (TPSA) is 53.2 Å². The number of hydrogen-bond acceptors (Lipinski definition) is 2. The van der Waals surface area contributed by atoms with E-state index in [1.54, 1.807) is 0 Å². The highest BCUT2D eigenvalue weighted by Gasteiger charge is 2.31. The molecule has 0 spiro atoms. The van der Waals surface area contributed by atoms with Crippen molar-refractivity contribution < 1.29 is 4.79 Å². The average molecular weight is 367 g/mol. The Balaban J connectivity index is 1.63. The van der Waals surface area contributed by atoms with E-state index in [2.05, 4.69) is 9.88 Å². The third kappa shape index (κ3) is 4.10. The molecular formula is C23H30N2O2. The van der Waals surface area contributed by atoms with Crippen LogP contribution >= 0.6 is 0 Å². The zero-order chi connectivity index (χ0) is 18.6. The van der Waals surface area contributed by atoms with Crippen molar-refractivity contribution >= 4 is 16.8 Å². The molecule has 0 aliphatic heterocycles. The molecule has 2 saturated carbocycles. The number of carbonyl (C=O) groups is 1. The van der Waals surface area contributed by atoms with Crippen LogP contribution in [0, 0.1) is 5.92 Å². The predicted octanol–water partition coefficient (Wildman–Crippen LogP) is 4.77. The predicted molar refractivity (Wildman–Crippen MR) is 109 cm³/mol. The summed E-state index contributed by atoms with van der Waals surface area (Å²) >= 11 is 0. The number of aromatic nitrogens is 1.